The molecular weight excluding hydrogens is 518 g/mol. The van der Waals surface area contributed by atoms with E-state index in [1.807, 2.05) is 104 Å². The molecule has 7 heteroatoms. The molecule has 0 N–H and O–H groups in total. The van der Waals surface area contributed by atoms with Crippen LogP contribution in [0.15, 0.2) is 95.9 Å². The molecule has 0 spiro atoms. The molecular formula is C33H25N3O3S. The van der Waals surface area contributed by atoms with Crippen LogP contribution in [0.2, 0.25) is 0 Å². The second kappa shape index (κ2) is 10.8. The largest absolute Gasteiger partial charge is 0.491 e. The van der Waals surface area contributed by atoms with Gasteiger partial charge in [-0.1, -0.05) is 72.8 Å². The van der Waals surface area contributed by atoms with Crippen LogP contribution >= 0.6 is 11.8 Å². The van der Waals surface area contributed by atoms with Crippen molar-refractivity contribution in [1.82, 2.24) is 9.47 Å². The molecule has 4 aromatic carbocycles. The Morgan fingerprint density at radius 1 is 0.900 bits per heavy atom. The fraction of sp³-hybridized carbons (Fsp3) is 0.121. The van der Waals surface area contributed by atoms with E-state index in [0.717, 1.165) is 56.0 Å². The van der Waals surface area contributed by atoms with Gasteiger partial charge in [-0.3, -0.25) is 14.5 Å². The topological polar surface area (TPSA) is 75.3 Å². The highest BCUT2D eigenvalue weighted by atomic mass is 32.2. The molecule has 2 amide bonds. The Kier molecular flexibility index (Phi) is 6.85. The quantitative estimate of drug-likeness (QED) is 0.204. The van der Waals surface area contributed by atoms with E-state index in [9.17, 15) is 14.9 Å². The third-order valence-electron chi connectivity index (χ3n) is 7.22. The van der Waals surface area contributed by atoms with E-state index in [1.54, 1.807) is 0 Å². The number of imide groups is 1. The molecule has 1 aromatic heterocycles. The maximum Gasteiger partial charge on any atom is 0.293 e. The van der Waals surface area contributed by atoms with Crippen LogP contribution in [0.1, 0.15) is 22.4 Å². The molecule has 0 bridgehead atoms. The summed E-state index contributed by atoms with van der Waals surface area (Å²) in [6, 6.07) is 31.6. The monoisotopic (exact) mass is 543 g/mol. The van der Waals surface area contributed by atoms with Gasteiger partial charge in [0.2, 0.25) is 0 Å². The van der Waals surface area contributed by atoms with Crippen molar-refractivity contribution in [3.63, 3.8) is 0 Å². The van der Waals surface area contributed by atoms with Gasteiger partial charge >= 0.3 is 0 Å². The van der Waals surface area contributed by atoms with Crippen LogP contribution in [0.3, 0.4) is 0 Å². The molecule has 1 saturated heterocycles. The number of fused-ring (bicyclic) bond motifs is 2. The number of benzene rings is 4. The van der Waals surface area contributed by atoms with E-state index in [-0.39, 0.29) is 24.3 Å². The summed E-state index contributed by atoms with van der Waals surface area (Å²) in [4.78, 5) is 27.8. The number of thioether (sulfide) groups is 1. The summed E-state index contributed by atoms with van der Waals surface area (Å²) in [6.07, 6.45) is 1.82. The molecule has 0 unspecified atom stereocenters. The summed E-state index contributed by atoms with van der Waals surface area (Å²) in [5, 5.41) is 12.3. The van der Waals surface area contributed by atoms with Crippen molar-refractivity contribution < 1.29 is 14.3 Å². The molecule has 1 aliphatic heterocycles. The predicted molar refractivity (Wildman–Crippen MR) is 159 cm³/mol. The smallest absolute Gasteiger partial charge is 0.293 e. The Hall–Kier alpha value is -4.80. The molecule has 40 heavy (non-hydrogen) atoms. The van der Waals surface area contributed by atoms with Crippen molar-refractivity contribution in [1.29, 1.82) is 5.26 Å². The Morgan fingerprint density at radius 3 is 2.48 bits per heavy atom. The normalized spacial score (nSPS) is 14.4. The van der Waals surface area contributed by atoms with Gasteiger partial charge in [0.25, 0.3) is 11.1 Å². The minimum Gasteiger partial charge on any atom is -0.491 e. The zero-order chi connectivity index (χ0) is 27.6. The summed E-state index contributed by atoms with van der Waals surface area (Å²) in [5.74, 6) is 0.407. The standard InChI is InChI=1S/C33H25N3O3S/c1-22-28(27-14-6-7-15-29(27)36(22)21-25-11-3-2-10-24(25)20-34)19-31-32(37)35(33(38)40-31)17-18-39-30-16-8-12-23-9-4-5-13-26(23)30/h2-16,19H,17-18,21H2,1H3/b31-19-. The van der Waals surface area contributed by atoms with Gasteiger partial charge in [0, 0.05) is 34.1 Å². The van der Waals surface area contributed by atoms with Crippen molar-refractivity contribution in [2.24, 2.45) is 0 Å². The molecule has 6 rings (SSSR count). The lowest BCUT2D eigenvalue weighted by molar-refractivity contribution is -0.123. The first-order chi connectivity index (χ1) is 19.5. The Morgan fingerprint density at radius 2 is 1.62 bits per heavy atom. The SMILES string of the molecule is Cc1c(/C=C2\SC(=O)N(CCOc3cccc4ccccc34)C2=O)c2ccccc2n1Cc1ccccc1C#N. The zero-order valence-corrected chi connectivity index (χ0v) is 22.7. The van der Waals surface area contributed by atoms with Crippen LogP contribution in [-0.2, 0) is 11.3 Å². The third kappa shape index (κ3) is 4.63. The highest BCUT2D eigenvalue weighted by Crippen LogP contribution is 2.36. The second-order valence-corrected chi connectivity index (χ2v) is 10.5. The summed E-state index contributed by atoms with van der Waals surface area (Å²) in [7, 11) is 0. The molecule has 0 atom stereocenters. The summed E-state index contributed by atoms with van der Waals surface area (Å²) >= 11 is 0.953. The number of nitrogens with zero attached hydrogens (tertiary/aromatic N) is 3. The van der Waals surface area contributed by atoms with Gasteiger partial charge in [-0.2, -0.15) is 5.26 Å². The van der Waals surface area contributed by atoms with Crippen LogP contribution in [-0.4, -0.2) is 33.8 Å². The van der Waals surface area contributed by atoms with Gasteiger partial charge in [-0.15, -0.1) is 0 Å². The minimum absolute atomic E-state index is 0.164. The Balaban J connectivity index is 1.25. The molecule has 5 aromatic rings. The highest BCUT2D eigenvalue weighted by Gasteiger charge is 2.35. The lowest BCUT2D eigenvalue weighted by atomic mass is 10.1. The molecule has 2 heterocycles. The minimum atomic E-state index is -0.317. The number of rotatable bonds is 7. The first kappa shape index (κ1) is 25.5. The van der Waals surface area contributed by atoms with E-state index in [2.05, 4.69) is 10.6 Å². The van der Waals surface area contributed by atoms with Gasteiger partial charge in [0.15, 0.2) is 0 Å². The van der Waals surface area contributed by atoms with Crippen molar-refractivity contribution in [3.8, 4) is 11.8 Å². The van der Waals surface area contributed by atoms with Crippen molar-refractivity contribution in [2.75, 3.05) is 13.2 Å². The lowest BCUT2D eigenvalue weighted by Gasteiger charge is -2.14. The number of carbonyl (C=O) groups is 2. The van der Waals surface area contributed by atoms with E-state index >= 15 is 0 Å². The molecule has 196 valence electrons. The zero-order valence-electron chi connectivity index (χ0n) is 21.8. The Labute approximate surface area is 236 Å². The van der Waals surface area contributed by atoms with Gasteiger partial charge < -0.3 is 9.30 Å². The van der Waals surface area contributed by atoms with Crippen molar-refractivity contribution in [2.45, 2.75) is 13.5 Å². The van der Waals surface area contributed by atoms with Gasteiger partial charge in [0.1, 0.15) is 12.4 Å². The van der Waals surface area contributed by atoms with E-state index < -0.39 is 0 Å². The average molecular weight is 544 g/mol. The number of hydrogen-bond acceptors (Lipinski definition) is 5. The molecule has 0 aliphatic carbocycles. The van der Waals surface area contributed by atoms with Crippen LogP contribution in [0.25, 0.3) is 27.8 Å². The third-order valence-corrected chi connectivity index (χ3v) is 8.12. The summed E-state index contributed by atoms with van der Waals surface area (Å²) < 4.78 is 8.14. The van der Waals surface area contributed by atoms with Crippen LogP contribution in [0, 0.1) is 18.3 Å². The molecule has 0 saturated carbocycles. The first-order valence-electron chi connectivity index (χ1n) is 13.0. The van der Waals surface area contributed by atoms with Crippen LogP contribution < -0.4 is 4.74 Å². The molecule has 1 fully saturated rings. The fourth-order valence-corrected chi connectivity index (χ4v) is 6.02. The summed E-state index contributed by atoms with van der Waals surface area (Å²) in [5.41, 5.74) is 4.41. The van der Waals surface area contributed by atoms with E-state index in [0.29, 0.717) is 17.0 Å². The predicted octanol–water partition coefficient (Wildman–Crippen LogP) is 7.14. The van der Waals surface area contributed by atoms with Gasteiger partial charge in [-0.05, 0) is 53.9 Å². The first-order valence-corrected chi connectivity index (χ1v) is 13.8. The lowest BCUT2D eigenvalue weighted by Crippen LogP contribution is -2.32. The van der Waals surface area contributed by atoms with Crippen LogP contribution in [0.5, 0.6) is 5.75 Å². The number of aromatic nitrogens is 1. The number of ether oxygens (including phenoxy) is 1. The molecule has 6 nitrogen and oxygen atoms in total. The maximum absolute atomic E-state index is 13.3. The fourth-order valence-electron chi connectivity index (χ4n) is 5.17. The average Bonchev–Trinajstić information content (AvgIpc) is 3.40. The second-order valence-electron chi connectivity index (χ2n) is 9.53. The number of amides is 2. The maximum atomic E-state index is 13.3. The van der Waals surface area contributed by atoms with E-state index in [1.165, 1.54) is 4.90 Å². The number of carbonyl (C=O) groups excluding carboxylic acids is 2. The molecule has 1 aliphatic rings. The van der Waals surface area contributed by atoms with Crippen molar-refractivity contribution >= 4 is 50.7 Å². The number of para-hydroxylation sites is 1. The van der Waals surface area contributed by atoms with Gasteiger partial charge in [-0.25, -0.2) is 0 Å². The highest BCUT2D eigenvalue weighted by molar-refractivity contribution is 8.18. The van der Waals surface area contributed by atoms with Gasteiger partial charge in [0.05, 0.1) is 23.1 Å². The Bertz CT molecular complexity index is 1860. The van der Waals surface area contributed by atoms with Crippen molar-refractivity contribution in [3.05, 3.63) is 118 Å². The number of hydrogen-bond donors (Lipinski definition) is 0. The van der Waals surface area contributed by atoms with E-state index in [4.69, 9.17) is 4.74 Å². The molecule has 0 radical (unpaired) electrons. The van der Waals surface area contributed by atoms with Crippen LogP contribution in [0.4, 0.5) is 4.79 Å². The summed E-state index contributed by atoms with van der Waals surface area (Å²) in [6.45, 7) is 2.90. The number of nitriles is 1.